The summed E-state index contributed by atoms with van der Waals surface area (Å²) in [6.45, 7) is 3.62. The van der Waals surface area contributed by atoms with Crippen molar-refractivity contribution >= 4 is 16.7 Å². The summed E-state index contributed by atoms with van der Waals surface area (Å²) in [7, 11) is 0. The molecule has 0 spiro atoms. The van der Waals surface area contributed by atoms with Crippen LogP contribution in [0.3, 0.4) is 0 Å². The first-order valence-electron chi connectivity index (χ1n) is 9.74. The zero-order valence-corrected chi connectivity index (χ0v) is 16.0. The molecule has 0 aliphatic carbocycles. The summed E-state index contributed by atoms with van der Waals surface area (Å²) in [6.07, 6.45) is 2.68. The van der Waals surface area contributed by atoms with Crippen molar-refractivity contribution in [2.75, 3.05) is 25.4 Å². The molecule has 2 aromatic heterocycles. The Morgan fingerprint density at radius 2 is 1.93 bits per heavy atom. The minimum atomic E-state index is -2.65. The number of halogens is 2. The Morgan fingerprint density at radius 3 is 2.66 bits per heavy atom. The number of nitrogen functional groups attached to an aromatic ring is 1. The van der Waals surface area contributed by atoms with E-state index in [1.54, 1.807) is 29.1 Å². The van der Waals surface area contributed by atoms with Gasteiger partial charge in [0.1, 0.15) is 6.07 Å². The molecule has 0 unspecified atom stereocenters. The third-order valence-corrected chi connectivity index (χ3v) is 5.37. The zero-order valence-electron chi connectivity index (χ0n) is 16.0. The lowest BCUT2D eigenvalue weighted by molar-refractivity contribution is 0.153. The van der Waals surface area contributed by atoms with Crippen LogP contribution in [0.25, 0.3) is 22.3 Å². The van der Waals surface area contributed by atoms with Gasteiger partial charge in [-0.25, -0.2) is 13.8 Å². The van der Waals surface area contributed by atoms with E-state index in [9.17, 15) is 14.0 Å². The van der Waals surface area contributed by atoms with Crippen molar-refractivity contribution in [1.82, 2.24) is 19.7 Å². The quantitative estimate of drug-likeness (QED) is 0.660. The molecule has 8 heteroatoms. The number of nitrogens with zero attached hydrogens (tertiary/aromatic N) is 5. The number of piperidine rings is 1. The highest BCUT2D eigenvalue weighted by atomic mass is 19.3. The van der Waals surface area contributed by atoms with Crippen molar-refractivity contribution in [3.63, 3.8) is 0 Å². The lowest BCUT2D eigenvalue weighted by Crippen LogP contribution is -2.32. The number of nitriles is 1. The maximum absolute atomic E-state index is 13.7. The Balaban J connectivity index is 1.68. The number of hydrogen-bond acceptors (Lipinski definition) is 5. The minimum Gasteiger partial charge on any atom is -0.398 e. The summed E-state index contributed by atoms with van der Waals surface area (Å²) in [5.74, 6) is 0. The smallest absolute Gasteiger partial charge is 0.264 e. The molecule has 1 aromatic carbocycles. The Hall–Kier alpha value is -3.05. The van der Waals surface area contributed by atoms with Gasteiger partial charge in [-0.1, -0.05) is 12.5 Å². The van der Waals surface area contributed by atoms with Gasteiger partial charge >= 0.3 is 0 Å². The van der Waals surface area contributed by atoms with Crippen LogP contribution in [0.1, 0.15) is 36.8 Å². The monoisotopic (exact) mass is 396 g/mol. The molecular weight excluding hydrogens is 374 g/mol. The molecule has 3 heterocycles. The summed E-state index contributed by atoms with van der Waals surface area (Å²) in [5.41, 5.74) is 7.48. The van der Waals surface area contributed by atoms with Crippen LogP contribution in [0.2, 0.25) is 0 Å². The molecule has 4 rings (SSSR count). The van der Waals surface area contributed by atoms with Gasteiger partial charge in [0.2, 0.25) is 0 Å². The van der Waals surface area contributed by atoms with Crippen molar-refractivity contribution in [2.45, 2.75) is 32.2 Å². The molecule has 0 radical (unpaired) electrons. The molecule has 1 fully saturated rings. The summed E-state index contributed by atoms with van der Waals surface area (Å²) in [6, 6.07) is 8.20. The van der Waals surface area contributed by atoms with Crippen molar-refractivity contribution in [3.8, 4) is 17.3 Å². The van der Waals surface area contributed by atoms with E-state index in [0.717, 1.165) is 19.6 Å². The number of anilines is 1. The fourth-order valence-corrected chi connectivity index (χ4v) is 3.75. The largest absolute Gasteiger partial charge is 0.398 e. The highest BCUT2D eigenvalue weighted by Crippen LogP contribution is 2.31. The van der Waals surface area contributed by atoms with Crippen LogP contribution < -0.4 is 5.73 Å². The van der Waals surface area contributed by atoms with Crippen LogP contribution in [0.15, 0.2) is 30.5 Å². The number of hydrogen-bond donors (Lipinski definition) is 1. The van der Waals surface area contributed by atoms with Crippen molar-refractivity contribution in [3.05, 3.63) is 41.6 Å². The Bertz CT molecular complexity index is 1060. The lowest BCUT2D eigenvalue weighted by Gasteiger charge is -2.26. The van der Waals surface area contributed by atoms with Crippen LogP contribution in [0, 0.1) is 11.3 Å². The number of pyridine rings is 1. The third kappa shape index (κ3) is 4.05. The first kappa shape index (κ1) is 19.3. The maximum atomic E-state index is 13.7. The molecule has 150 valence electrons. The molecule has 0 bridgehead atoms. The average Bonchev–Trinajstić information content (AvgIpc) is 3.15. The fourth-order valence-electron chi connectivity index (χ4n) is 3.75. The second kappa shape index (κ2) is 8.13. The first-order valence-corrected chi connectivity index (χ1v) is 9.74. The summed E-state index contributed by atoms with van der Waals surface area (Å²) >= 11 is 0. The molecule has 1 aliphatic heterocycles. The average molecular weight is 396 g/mol. The predicted octanol–water partition coefficient (Wildman–Crippen LogP) is 3.98. The normalized spacial score (nSPS) is 15.1. The van der Waals surface area contributed by atoms with Crippen LogP contribution in [0.4, 0.5) is 14.5 Å². The van der Waals surface area contributed by atoms with Gasteiger partial charge in [-0.05, 0) is 44.1 Å². The minimum absolute atomic E-state index is 0.107. The molecule has 0 saturated carbocycles. The number of likely N-dealkylation sites (tertiary alicyclic amines) is 1. The number of aromatic nitrogens is 3. The van der Waals surface area contributed by atoms with E-state index >= 15 is 0 Å². The van der Waals surface area contributed by atoms with Crippen LogP contribution >= 0.6 is 0 Å². The number of benzene rings is 1. The van der Waals surface area contributed by atoms with Gasteiger partial charge in [0.25, 0.3) is 6.43 Å². The summed E-state index contributed by atoms with van der Waals surface area (Å²) in [5, 5.41) is 14.0. The molecule has 0 atom stereocenters. The van der Waals surface area contributed by atoms with Gasteiger partial charge in [-0.3, -0.25) is 4.68 Å². The first-order chi connectivity index (χ1) is 14.0. The highest BCUT2D eigenvalue weighted by molar-refractivity contribution is 5.82. The molecule has 29 heavy (non-hydrogen) atoms. The Labute approximate surface area is 167 Å². The molecule has 1 aliphatic rings. The number of fused-ring (bicyclic) bond motifs is 1. The Kier molecular flexibility index (Phi) is 5.41. The van der Waals surface area contributed by atoms with E-state index in [2.05, 4.69) is 15.0 Å². The maximum Gasteiger partial charge on any atom is 0.264 e. The molecule has 2 N–H and O–H groups in total. The van der Waals surface area contributed by atoms with Gasteiger partial charge in [0.15, 0.2) is 5.65 Å². The van der Waals surface area contributed by atoms with E-state index in [1.807, 2.05) is 6.07 Å². The van der Waals surface area contributed by atoms with Gasteiger partial charge in [0.05, 0.1) is 17.8 Å². The van der Waals surface area contributed by atoms with Crippen molar-refractivity contribution in [2.24, 2.45) is 0 Å². The number of alkyl halides is 2. The van der Waals surface area contributed by atoms with Crippen molar-refractivity contribution < 1.29 is 8.78 Å². The standard InChI is InChI=1S/C21H22F2N6/c22-20(23)16-11-19(14-4-5-18(25)15(10-14)12-24)26-21-17(16)13-29(27-21)9-8-28-6-2-1-3-7-28/h4-5,10-11,13,20H,1-3,6-9,25H2. The van der Waals surface area contributed by atoms with E-state index in [1.165, 1.54) is 25.3 Å². The van der Waals surface area contributed by atoms with Gasteiger partial charge < -0.3 is 10.6 Å². The third-order valence-electron chi connectivity index (χ3n) is 5.37. The molecule has 1 saturated heterocycles. The van der Waals surface area contributed by atoms with E-state index in [-0.39, 0.29) is 16.8 Å². The molecule has 0 amide bonds. The number of nitrogens with two attached hydrogens (primary N) is 1. The lowest BCUT2D eigenvalue weighted by atomic mass is 10.0. The van der Waals surface area contributed by atoms with Crippen LogP contribution in [0.5, 0.6) is 0 Å². The Morgan fingerprint density at radius 1 is 1.14 bits per heavy atom. The number of rotatable bonds is 5. The van der Waals surface area contributed by atoms with Gasteiger partial charge in [-0.15, -0.1) is 0 Å². The van der Waals surface area contributed by atoms with Crippen LogP contribution in [-0.2, 0) is 6.54 Å². The van der Waals surface area contributed by atoms with Gasteiger partial charge in [-0.2, -0.15) is 10.4 Å². The SMILES string of the molecule is N#Cc1cc(-c2cc(C(F)F)c3cn(CCN4CCCCC4)nc3n2)ccc1N. The molecule has 6 nitrogen and oxygen atoms in total. The fraction of sp³-hybridized carbons (Fsp3) is 0.381. The summed E-state index contributed by atoms with van der Waals surface area (Å²) in [4.78, 5) is 6.86. The molecule has 3 aromatic rings. The topological polar surface area (TPSA) is 83.8 Å². The summed E-state index contributed by atoms with van der Waals surface area (Å²) < 4.78 is 29.2. The second-order valence-corrected chi connectivity index (χ2v) is 7.34. The van der Waals surface area contributed by atoms with E-state index in [4.69, 9.17) is 5.73 Å². The van der Waals surface area contributed by atoms with E-state index in [0.29, 0.717) is 28.9 Å². The van der Waals surface area contributed by atoms with Crippen LogP contribution in [-0.4, -0.2) is 39.3 Å². The van der Waals surface area contributed by atoms with Crippen molar-refractivity contribution in [1.29, 1.82) is 5.26 Å². The zero-order chi connectivity index (χ0) is 20.4. The highest BCUT2D eigenvalue weighted by Gasteiger charge is 2.19. The van der Waals surface area contributed by atoms with E-state index < -0.39 is 6.43 Å². The predicted molar refractivity (Wildman–Crippen MR) is 107 cm³/mol. The van der Waals surface area contributed by atoms with Gasteiger partial charge in [0, 0.05) is 34.9 Å². The second-order valence-electron chi connectivity index (χ2n) is 7.34. The molecular formula is C21H22F2N6.